The highest BCUT2D eigenvalue weighted by molar-refractivity contribution is 5.27. The van der Waals surface area contributed by atoms with Crippen LogP contribution in [0.5, 0.6) is 0 Å². The van der Waals surface area contributed by atoms with Gasteiger partial charge in [0, 0.05) is 19.2 Å². The first kappa shape index (κ1) is 13.3. The Morgan fingerprint density at radius 1 is 1.44 bits per heavy atom. The van der Waals surface area contributed by atoms with Crippen LogP contribution in [0.25, 0.3) is 0 Å². The molecule has 0 amide bonds. The molecule has 100 valence electrons. The van der Waals surface area contributed by atoms with Crippen molar-refractivity contribution in [3.8, 4) is 0 Å². The Balaban J connectivity index is 2.24. The lowest BCUT2D eigenvalue weighted by atomic mass is 9.99. The molecule has 0 bridgehead atoms. The summed E-state index contributed by atoms with van der Waals surface area (Å²) in [6.45, 7) is 1.97. The zero-order chi connectivity index (χ0) is 13.3. The Morgan fingerprint density at radius 2 is 2.17 bits per heavy atom. The summed E-state index contributed by atoms with van der Waals surface area (Å²) in [5.74, 6) is 0. The summed E-state index contributed by atoms with van der Waals surface area (Å²) in [7, 11) is 0. The Labute approximate surface area is 103 Å². The van der Waals surface area contributed by atoms with E-state index in [0.717, 1.165) is 12.3 Å². The molecular weight excluding hydrogens is 247 g/mol. The van der Waals surface area contributed by atoms with Crippen LogP contribution in [0.3, 0.4) is 0 Å². The minimum Gasteiger partial charge on any atom is -0.393 e. The van der Waals surface area contributed by atoms with E-state index in [1.807, 2.05) is 0 Å². The molecule has 2 atom stereocenters. The van der Waals surface area contributed by atoms with Crippen LogP contribution in [0.1, 0.15) is 35.8 Å². The van der Waals surface area contributed by atoms with Crippen LogP contribution < -0.4 is 0 Å². The van der Waals surface area contributed by atoms with Crippen LogP contribution in [0.4, 0.5) is 13.2 Å². The first-order valence-corrected chi connectivity index (χ1v) is 5.71. The van der Waals surface area contributed by atoms with E-state index in [4.69, 9.17) is 4.74 Å². The third-order valence-electron chi connectivity index (χ3n) is 3.01. The van der Waals surface area contributed by atoms with Gasteiger partial charge in [-0.15, -0.1) is 0 Å². The SMILES string of the molecule is Cc1cc(C(F)(F)F)cnc1C1CC(O)CCO1. The number of halogens is 3. The van der Waals surface area contributed by atoms with Crippen molar-refractivity contribution in [1.82, 2.24) is 4.98 Å². The number of hydrogen-bond acceptors (Lipinski definition) is 3. The third-order valence-corrected chi connectivity index (χ3v) is 3.01. The first-order valence-electron chi connectivity index (χ1n) is 5.71. The fourth-order valence-electron chi connectivity index (χ4n) is 2.05. The number of aliphatic hydroxyl groups excluding tert-OH is 1. The highest BCUT2D eigenvalue weighted by Crippen LogP contribution is 2.33. The Morgan fingerprint density at radius 3 is 2.72 bits per heavy atom. The van der Waals surface area contributed by atoms with Crippen LogP contribution in [0.15, 0.2) is 12.3 Å². The van der Waals surface area contributed by atoms with Gasteiger partial charge in [-0.1, -0.05) is 0 Å². The zero-order valence-electron chi connectivity index (χ0n) is 9.87. The molecule has 0 aliphatic carbocycles. The third kappa shape index (κ3) is 2.81. The van der Waals surface area contributed by atoms with Gasteiger partial charge in [0.05, 0.1) is 17.4 Å². The Kier molecular flexibility index (Phi) is 3.59. The van der Waals surface area contributed by atoms with Crippen molar-refractivity contribution in [3.05, 3.63) is 29.1 Å². The van der Waals surface area contributed by atoms with Gasteiger partial charge in [0.15, 0.2) is 0 Å². The second kappa shape index (κ2) is 4.85. The van der Waals surface area contributed by atoms with Gasteiger partial charge >= 0.3 is 6.18 Å². The summed E-state index contributed by atoms with van der Waals surface area (Å²) in [6, 6.07) is 1.06. The lowest BCUT2D eigenvalue weighted by Gasteiger charge is -2.27. The van der Waals surface area contributed by atoms with Crippen molar-refractivity contribution < 1.29 is 23.0 Å². The van der Waals surface area contributed by atoms with Crippen LogP contribution in [-0.4, -0.2) is 22.8 Å². The van der Waals surface area contributed by atoms with Crippen molar-refractivity contribution in [2.75, 3.05) is 6.61 Å². The number of aryl methyl sites for hydroxylation is 1. The van der Waals surface area contributed by atoms with Gasteiger partial charge in [0.1, 0.15) is 6.10 Å². The molecular formula is C12H14F3NO2. The molecule has 2 rings (SSSR count). The molecule has 1 N–H and O–H groups in total. The first-order chi connectivity index (χ1) is 8.38. The maximum absolute atomic E-state index is 12.5. The van der Waals surface area contributed by atoms with E-state index in [9.17, 15) is 18.3 Å². The fourth-order valence-corrected chi connectivity index (χ4v) is 2.05. The normalized spacial score (nSPS) is 25.2. The van der Waals surface area contributed by atoms with E-state index in [1.165, 1.54) is 0 Å². The molecule has 1 aliphatic rings. The van der Waals surface area contributed by atoms with Crippen LogP contribution in [0.2, 0.25) is 0 Å². The average molecular weight is 261 g/mol. The number of rotatable bonds is 1. The summed E-state index contributed by atoms with van der Waals surface area (Å²) >= 11 is 0. The predicted molar refractivity (Wildman–Crippen MR) is 57.9 cm³/mol. The van der Waals surface area contributed by atoms with Crippen molar-refractivity contribution in [3.63, 3.8) is 0 Å². The van der Waals surface area contributed by atoms with E-state index >= 15 is 0 Å². The molecule has 0 spiro atoms. The van der Waals surface area contributed by atoms with Crippen molar-refractivity contribution in [2.45, 2.75) is 38.1 Å². The molecule has 1 aliphatic heterocycles. The summed E-state index contributed by atoms with van der Waals surface area (Å²) in [6.07, 6.45) is -3.55. The largest absolute Gasteiger partial charge is 0.417 e. The lowest BCUT2D eigenvalue weighted by molar-refractivity contribution is -0.138. The molecule has 2 unspecified atom stereocenters. The summed E-state index contributed by atoms with van der Waals surface area (Å²) < 4.78 is 42.9. The van der Waals surface area contributed by atoms with E-state index in [2.05, 4.69) is 4.98 Å². The van der Waals surface area contributed by atoms with Crippen LogP contribution >= 0.6 is 0 Å². The quantitative estimate of drug-likeness (QED) is 0.845. The molecule has 0 radical (unpaired) electrons. The minimum atomic E-state index is -4.39. The molecule has 1 aromatic heterocycles. The highest BCUT2D eigenvalue weighted by atomic mass is 19.4. The maximum Gasteiger partial charge on any atom is 0.417 e. The van der Waals surface area contributed by atoms with Crippen LogP contribution in [-0.2, 0) is 10.9 Å². The number of pyridine rings is 1. The highest BCUT2D eigenvalue weighted by Gasteiger charge is 2.32. The zero-order valence-corrected chi connectivity index (χ0v) is 9.87. The molecule has 3 nitrogen and oxygen atoms in total. The van der Waals surface area contributed by atoms with Crippen molar-refractivity contribution in [1.29, 1.82) is 0 Å². The van der Waals surface area contributed by atoms with Gasteiger partial charge in [-0.25, -0.2) is 0 Å². The summed E-state index contributed by atoms with van der Waals surface area (Å²) in [4.78, 5) is 3.85. The lowest BCUT2D eigenvalue weighted by Crippen LogP contribution is -2.24. The summed E-state index contributed by atoms with van der Waals surface area (Å²) in [5.41, 5.74) is 0.144. The minimum absolute atomic E-state index is 0.374. The number of aromatic nitrogens is 1. The van der Waals surface area contributed by atoms with Gasteiger partial charge in [0.2, 0.25) is 0 Å². The molecule has 0 saturated carbocycles. The molecule has 1 fully saturated rings. The van der Waals surface area contributed by atoms with Gasteiger partial charge in [-0.2, -0.15) is 13.2 Å². The van der Waals surface area contributed by atoms with E-state index in [0.29, 0.717) is 30.7 Å². The topological polar surface area (TPSA) is 42.4 Å². The van der Waals surface area contributed by atoms with Crippen molar-refractivity contribution >= 4 is 0 Å². The summed E-state index contributed by atoms with van der Waals surface area (Å²) in [5, 5.41) is 9.53. The predicted octanol–water partition coefficient (Wildman–Crippen LogP) is 2.62. The number of alkyl halides is 3. The smallest absolute Gasteiger partial charge is 0.393 e. The van der Waals surface area contributed by atoms with Gasteiger partial charge < -0.3 is 9.84 Å². The second-order valence-corrected chi connectivity index (χ2v) is 4.46. The average Bonchev–Trinajstić information content (AvgIpc) is 2.27. The molecule has 18 heavy (non-hydrogen) atoms. The number of hydrogen-bond donors (Lipinski definition) is 1. The monoisotopic (exact) mass is 261 g/mol. The van der Waals surface area contributed by atoms with E-state index in [1.54, 1.807) is 6.92 Å². The standard InChI is InChI=1S/C12H14F3NO2/c1-7-4-8(12(13,14)15)6-16-11(7)10-5-9(17)2-3-18-10/h4,6,9-10,17H,2-3,5H2,1H3. The van der Waals surface area contributed by atoms with E-state index < -0.39 is 23.9 Å². The molecule has 2 heterocycles. The molecule has 1 saturated heterocycles. The number of nitrogens with zero attached hydrogens (tertiary/aromatic N) is 1. The molecule has 0 aromatic carbocycles. The molecule has 6 heteroatoms. The molecule has 1 aromatic rings. The Bertz CT molecular complexity index is 434. The Hall–Kier alpha value is -1.14. The van der Waals surface area contributed by atoms with Gasteiger partial charge in [-0.3, -0.25) is 4.98 Å². The fraction of sp³-hybridized carbons (Fsp3) is 0.583. The van der Waals surface area contributed by atoms with Crippen molar-refractivity contribution in [2.24, 2.45) is 0 Å². The van der Waals surface area contributed by atoms with Gasteiger partial charge in [0.25, 0.3) is 0 Å². The number of aliphatic hydroxyl groups is 1. The second-order valence-electron chi connectivity index (χ2n) is 4.46. The van der Waals surface area contributed by atoms with Crippen LogP contribution in [0, 0.1) is 6.92 Å². The van der Waals surface area contributed by atoms with E-state index in [-0.39, 0.29) is 0 Å². The maximum atomic E-state index is 12.5. The number of ether oxygens (including phenoxy) is 1. The van der Waals surface area contributed by atoms with Gasteiger partial charge in [-0.05, 0) is 25.0 Å².